The second-order valence-electron chi connectivity index (χ2n) is 14.2. The highest BCUT2D eigenvalue weighted by Gasteiger charge is 2.45. The van der Waals surface area contributed by atoms with Crippen LogP contribution in [0.4, 0.5) is 11.4 Å². The highest BCUT2D eigenvalue weighted by molar-refractivity contribution is 7.85. The summed E-state index contributed by atoms with van der Waals surface area (Å²) in [4.78, 5) is 4.67. The van der Waals surface area contributed by atoms with Crippen LogP contribution in [0, 0.1) is 0 Å². The van der Waals surface area contributed by atoms with Gasteiger partial charge in [0.1, 0.15) is 6.54 Å². The van der Waals surface area contributed by atoms with Crippen LogP contribution in [0.2, 0.25) is 0 Å². The molecular weight excluding hydrogens is 614 g/mol. The van der Waals surface area contributed by atoms with Crippen molar-refractivity contribution in [3.05, 3.63) is 99.8 Å². The Morgan fingerprint density at radius 3 is 2.37 bits per heavy atom. The van der Waals surface area contributed by atoms with E-state index in [9.17, 15) is 13.0 Å². The van der Waals surface area contributed by atoms with Crippen LogP contribution in [0.25, 0.3) is 0 Å². The maximum atomic E-state index is 12.0. The lowest BCUT2D eigenvalue weighted by Gasteiger charge is -2.34. The number of anilines is 1. The first kappa shape index (κ1) is 33.0. The smallest absolute Gasteiger partial charge is 0.294 e. The van der Waals surface area contributed by atoms with E-state index in [1.165, 1.54) is 23.0 Å². The van der Waals surface area contributed by atoms with E-state index in [1.54, 1.807) is 6.07 Å². The third-order valence-electron chi connectivity index (χ3n) is 10.6. The number of hydrogen-bond donors (Lipinski definition) is 1. The molecule has 0 aromatic heterocycles. The van der Waals surface area contributed by atoms with E-state index < -0.39 is 15.5 Å². The number of fused-ring (bicyclic) bond motifs is 4. The average Bonchev–Trinajstić information content (AvgIpc) is 3.50. The molecule has 0 radical (unpaired) electrons. The lowest BCUT2D eigenvalue weighted by Crippen LogP contribution is -2.38. The standard InChI is InChI=1S/C38H46ClN3O3S/c1-8-22-41-32-13-11-10-12-28(32)37(3,4)34(41)20-15-26-30-18-19-31(40(30)7)27(36(26)39)16-21-35-38(5,6)29-24-25(46(43,44)45)14-17-33(29)42(35)23-9-2/h10-17,20-21,24,30-31H,8-9,18-19,22-23H2,1-7H3/p+1. The molecule has 8 heteroatoms. The van der Waals surface area contributed by atoms with Crippen LogP contribution >= 0.6 is 11.6 Å². The predicted octanol–water partition coefficient (Wildman–Crippen LogP) is 8.26. The lowest BCUT2D eigenvalue weighted by molar-refractivity contribution is -0.437. The summed E-state index contributed by atoms with van der Waals surface area (Å²) in [6.07, 6.45) is 13.0. The molecule has 2 unspecified atom stereocenters. The third-order valence-corrected chi connectivity index (χ3v) is 11.9. The third kappa shape index (κ3) is 5.24. The number of benzene rings is 2. The van der Waals surface area contributed by atoms with Gasteiger partial charge in [-0.2, -0.15) is 13.0 Å². The molecule has 6 nitrogen and oxygen atoms in total. The predicted molar refractivity (Wildman–Crippen MR) is 189 cm³/mol. The fourth-order valence-electron chi connectivity index (χ4n) is 8.24. The number of hydrogen-bond acceptors (Lipinski definition) is 4. The molecule has 2 bridgehead atoms. The molecule has 2 aromatic carbocycles. The molecular formula is C38H47ClN3O3S+. The summed E-state index contributed by atoms with van der Waals surface area (Å²) in [6, 6.07) is 14.2. The van der Waals surface area contributed by atoms with Crippen molar-refractivity contribution >= 4 is 38.8 Å². The van der Waals surface area contributed by atoms with E-state index in [0.29, 0.717) is 0 Å². The van der Waals surface area contributed by atoms with Gasteiger partial charge in [0.05, 0.1) is 15.3 Å². The van der Waals surface area contributed by atoms with Gasteiger partial charge in [-0.25, -0.2) is 0 Å². The first-order valence-electron chi connectivity index (χ1n) is 16.6. The van der Waals surface area contributed by atoms with Gasteiger partial charge in [-0.15, -0.1) is 0 Å². The van der Waals surface area contributed by atoms with Crippen LogP contribution in [-0.2, 0) is 20.9 Å². The number of halogens is 1. The lowest BCUT2D eigenvalue weighted by atomic mass is 9.81. The van der Waals surface area contributed by atoms with Crippen LogP contribution in [0.1, 0.15) is 78.4 Å². The Hall–Kier alpha value is -2.97. The van der Waals surface area contributed by atoms with Gasteiger partial charge in [-0.1, -0.05) is 63.6 Å². The highest BCUT2D eigenvalue weighted by Crippen LogP contribution is 2.50. The Kier molecular flexibility index (Phi) is 8.54. The minimum absolute atomic E-state index is 0.0763. The quantitative estimate of drug-likeness (QED) is 0.228. The second kappa shape index (κ2) is 11.9. The fourth-order valence-corrected chi connectivity index (χ4v) is 9.12. The van der Waals surface area contributed by atoms with Gasteiger partial charge < -0.3 is 4.90 Å². The van der Waals surface area contributed by atoms with E-state index in [1.807, 2.05) is 6.07 Å². The molecule has 4 aliphatic heterocycles. The summed E-state index contributed by atoms with van der Waals surface area (Å²) in [6.45, 7) is 15.0. The van der Waals surface area contributed by atoms with E-state index in [0.717, 1.165) is 71.9 Å². The average molecular weight is 661 g/mol. The Labute approximate surface area is 280 Å². The first-order valence-corrected chi connectivity index (χ1v) is 18.4. The van der Waals surface area contributed by atoms with Gasteiger partial charge in [0.15, 0.2) is 5.71 Å². The molecule has 6 rings (SSSR count). The summed E-state index contributed by atoms with van der Waals surface area (Å²) in [5.74, 6) is 0. The summed E-state index contributed by atoms with van der Waals surface area (Å²) in [5.41, 5.74) is 8.61. The minimum atomic E-state index is -4.31. The number of nitrogens with zero attached hydrogens (tertiary/aromatic N) is 3. The van der Waals surface area contributed by atoms with Crippen LogP contribution in [-0.4, -0.2) is 60.4 Å². The Morgan fingerprint density at radius 2 is 1.67 bits per heavy atom. The minimum Gasteiger partial charge on any atom is -0.344 e. The largest absolute Gasteiger partial charge is 0.344 e. The summed E-state index contributed by atoms with van der Waals surface area (Å²) in [7, 11) is -2.10. The van der Waals surface area contributed by atoms with E-state index >= 15 is 0 Å². The van der Waals surface area contributed by atoms with Crippen molar-refractivity contribution < 1.29 is 17.5 Å². The highest BCUT2D eigenvalue weighted by atomic mass is 35.5. The molecule has 4 heterocycles. The van der Waals surface area contributed by atoms with Gasteiger partial charge in [0, 0.05) is 59.6 Å². The molecule has 0 saturated carbocycles. The van der Waals surface area contributed by atoms with Crippen LogP contribution in [0.3, 0.4) is 0 Å². The topological polar surface area (TPSA) is 63.9 Å². The van der Waals surface area contributed by atoms with Gasteiger partial charge >= 0.3 is 0 Å². The van der Waals surface area contributed by atoms with Crippen molar-refractivity contribution in [3.8, 4) is 0 Å². The number of para-hydroxylation sites is 1. The molecule has 46 heavy (non-hydrogen) atoms. The van der Waals surface area contributed by atoms with Crippen molar-refractivity contribution in [3.63, 3.8) is 0 Å². The van der Waals surface area contributed by atoms with E-state index in [4.69, 9.17) is 11.6 Å². The van der Waals surface area contributed by atoms with Gasteiger partial charge in [-0.3, -0.25) is 9.45 Å². The summed E-state index contributed by atoms with van der Waals surface area (Å²) >= 11 is 7.37. The zero-order valence-corrected chi connectivity index (χ0v) is 29.7. The maximum absolute atomic E-state index is 12.0. The Balaban J connectivity index is 1.43. The van der Waals surface area contributed by atoms with Crippen molar-refractivity contribution in [2.75, 3.05) is 25.0 Å². The number of likely N-dealkylation sites (N-methyl/N-ethyl adjacent to an activating group) is 1. The van der Waals surface area contributed by atoms with Gasteiger partial charge in [0.2, 0.25) is 5.69 Å². The molecule has 0 spiro atoms. The Morgan fingerprint density at radius 1 is 0.957 bits per heavy atom. The fraction of sp³-hybridized carbons (Fsp3) is 0.447. The van der Waals surface area contributed by atoms with Crippen LogP contribution in [0.5, 0.6) is 0 Å². The monoisotopic (exact) mass is 660 g/mol. The molecule has 1 fully saturated rings. The molecule has 4 aliphatic rings. The zero-order chi connectivity index (χ0) is 33.2. The zero-order valence-electron chi connectivity index (χ0n) is 28.1. The van der Waals surface area contributed by atoms with Crippen molar-refractivity contribution in [1.29, 1.82) is 0 Å². The molecule has 1 N–H and O–H groups in total. The van der Waals surface area contributed by atoms with Crippen molar-refractivity contribution in [2.24, 2.45) is 0 Å². The number of allylic oxidation sites excluding steroid dienone is 4. The SMILES string of the molecule is CCCN1/C(=C/C=C2C(Cl)=C(/C=C/C3=[N+](CCC)c4ccccc4C3(C)C)C3CCC/2N3C)C(C)(C)c2cc(S(=O)(=O)O)ccc21. The molecule has 0 amide bonds. The summed E-state index contributed by atoms with van der Waals surface area (Å²) in [5, 5.41) is 0.832. The normalized spacial score (nSPS) is 25.5. The molecule has 2 atom stereocenters. The van der Waals surface area contributed by atoms with Gasteiger partial charge in [0.25, 0.3) is 10.1 Å². The molecule has 2 aromatic rings. The number of rotatable bonds is 8. The van der Waals surface area contributed by atoms with Crippen LogP contribution in [0.15, 0.2) is 93.5 Å². The van der Waals surface area contributed by atoms with E-state index in [-0.39, 0.29) is 22.4 Å². The van der Waals surface area contributed by atoms with E-state index in [2.05, 4.69) is 112 Å². The van der Waals surface area contributed by atoms with Crippen LogP contribution < -0.4 is 4.90 Å². The van der Waals surface area contributed by atoms with Crippen molar-refractivity contribution in [1.82, 2.24) is 4.90 Å². The molecule has 1 saturated heterocycles. The van der Waals surface area contributed by atoms with Crippen molar-refractivity contribution in [2.45, 2.75) is 95.0 Å². The first-order chi connectivity index (χ1) is 21.7. The molecule has 244 valence electrons. The maximum Gasteiger partial charge on any atom is 0.294 e. The second-order valence-corrected chi connectivity index (χ2v) is 16.0. The van der Waals surface area contributed by atoms with Gasteiger partial charge in [-0.05, 0) is 87.2 Å². The Bertz CT molecular complexity index is 1850. The molecule has 0 aliphatic carbocycles. The summed E-state index contributed by atoms with van der Waals surface area (Å²) < 4.78 is 36.2.